The molecule has 1 aliphatic carbocycles. The van der Waals surface area contributed by atoms with E-state index < -0.39 is 10.0 Å². The fourth-order valence-electron chi connectivity index (χ4n) is 2.39. The summed E-state index contributed by atoms with van der Waals surface area (Å²) in [4.78, 5) is 0. The standard InChI is InChI=1S/C15H24N2O3S/c1-20-8-7-15(5-6-15)12-17-21(18,19)11-14-4-2-3-13(9-14)10-16/h2-4,9,17H,5-8,10-12,16H2,1H3. The summed E-state index contributed by atoms with van der Waals surface area (Å²) in [7, 11) is -1.64. The predicted molar refractivity (Wildman–Crippen MR) is 83.1 cm³/mol. The molecule has 21 heavy (non-hydrogen) atoms. The maximum atomic E-state index is 12.2. The van der Waals surface area contributed by atoms with E-state index in [0.717, 1.165) is 30.4 Å². The molecule has 1 aromatic carbocycles. The fourth-order valence-corrected chi connectivity index (χ4v) is 3.64. The largest absolute Gasteiger partial charge is 0.385 e. The number of nitrogens with one attached hydrogen (secondary N) is 1. The van der Waals surface area contributed by atoms with Crippen molar-refractivity contribution in [3.8, 4) is 0 Å². The number of hydrogen-bond donors (Lipinski definition) is 2. The Hall–Kier alpha value is -0.950. The van der Waals surface area contributed by atoms with Gasteiger partial charge >= 0.3 is 0 Å². The van der Waals surface area contributed by atoms with Gasteiger partial charge in [-0.05, 0) is 35.8 Å². The van der Waals surface area contributed by atoms with Crippen LogP contribution in [-0.2, 0) is 27.1 Å². The van der Waals surface area contributed by atoms with Gasteiger partial charge in [0.25, 0.3) is 0 Å². The van der Waals surface area contributed by atoms with Crippen molar-refractivity contribution in [1.29, 1.82) is 0 Å². The fraction of sp³-hybridized carbons (Fsp3) is 0.600. The maximum absolute atomic E-state index is 12.2. The number of hydrogen-bond acceptors (Lipinski definition) is 4. The van der Waals surface area contributed by atoms with Crippen LogP contribution in [0.4, 0.5) is 0 Å². The van der Waals surface area contributed by atoms with E-state index in [2.05, 4.69) is 4.72 Å². The lowest BCUT2D eigenvalue weighted by Gasteiger charge is -2.15. The number of ether oxygens (including phenoxy) is 1. The van der Waals surface area contributed by atoms with Crippen molar-refractivity contribution in [1.82, 2.24) is 4.72 Å². The molecule has 0 bridgehead atoms. The van der Waals surface area contributed by atoms with Gasteiger partial charge in [0.15, 0.2) is 0 Å². The first-order valence-corrected chi connectivity index (χ1v) is 8.88. The minimum Gasteiger partial charge on any atom is -0.385 e. The minimum absolute atomic E-state index is 0.00119. The highest BCUT2D eigenvalue weighted by Gasteiger charge is 2.42. The summed E-state index contributed by atoms with van der Waals surface area (Å²) in [5, 5.41) is 0. The van der Waals surface area contributed by atoms with Crippen LogP contribution in [0.3, 0.4) is 0 Å². The molecule has 0 aliphatic heterocycles. The summed E-state index contributed by atoms with van der Waals surface area (Å²) in [6.07, 6.45) is 3.05. The van der Waals surface area contributed by atoms with Gasteiger partial charge in [-0.1, -0.05) is 24.3 Å². The van der Waals surface area contributed by atoms with Gasteiger partial charge < -0.3 is 10.5 Å². The molecule has 1 saturated carbocycles. The maximum Gasteiger partial charge on any atom is 0.215 e. The summed E-state index contributed by atoms with van der Waals surface area (Å²) < 4.78 is 32.2. The van der Waals surface area contributed by atoms with Crippen molar-refractivity contribution < 1.29 is 13.2 Å². The van der Waals surface area contributed by atoms with Crippen molar-refractivity contribution in [2.75, 3.05) is 20.3 Å². The van der Waals surface area contributed by atoms with E-state index in [1.165, 1.54) is 0 Å². The Morgan fingerprint density at radius 2 is 2.05 bits per heavy atom. The number of sulfonamides is 1. The van der Waals surface area contributed by atoms with Gasteiger partial charge in [-0.2, -0.15) is 0 Å². The highest BCUT2D eigenvalue weighted by molar-refractivity contribution is 7.88. The molecule has 118 valence electrons. The van der Waals surface area contributed by atoms with E-state index >= 15 is 0 Å². The van der Waals surface area contributed by atoms with Gasteiger partial charge in [0.1, 0.15) is 0 Å². The number of rotatable bonds is 9. The second-order valence-electron chi connectivity index (χ2n) is 5.85. The van der Waals surface area contributed by atoms with E-state index in [-0.39, 0.29) is 11.2 Å². The summed E-state index contributed by atoms with van der Waals surface area (Å²) >= 11 is 0. The molecule has 6 heteroatoms. The third-order valence-corrected chi connectivity index (χ3v) is 5.34. The van der Waals surface area contributed by atoms with Crippen molar-refractivity contribution in [3.63, 3.8) is 0 Å². The first-order valence-electron chi connectivity index (χ1n) is 7.23. The van der Waals surface area contributed by atoms with Crippen LogP contribution in [0.25, 0.3) is 0 Å². The quantitative estimate of drug-likeness (QED) is 0.722. The Bertz CT molecular complexity index is 568. The molecule has 0 unspecified atom stereocenters. The van der Waals surface area contributed by atoms with E-state index in [1.807, 2.05) is 24.3 Å². The molecule has 3 N–H and O–H groups in total. The van der Waals surface area contributed by atoms with Crippen LogP contribution in [0.2, 0.25) is 0 Å². The Morgan fingerprint density at radius 1 is 1.33 bits per heavy atom. The van der Waals surface area contributed by atoms with Gasteiger partial charge in [0, 0.05) is 26.8 Å². The van der Waals surface area contributed by atoms with Gasteiger partial charge in [-0.15, -0.1) is 0 Å². The van der Waals surface area contributed by atoms with Crippen molar-refractivity contribution >= 4 is 10.0 Å². The van der Waals surface area contributed by atoms with E-state index in [9.17, 15) is 8.42 Å². The summed E-state index contributed by atoms with van der Waals surface area (Å²) in [6, 6.07) is 7.40. The zero-order valence-electron chi connectivity index (χ0n) is 12.5. The van der Waals surface area contributed by atoms with Crippen LogP contribution < -0.4 is 10.5 Å². The average Bonchev–Trinajstić information content (AvgIpc) is 3.24. The number of nitrogens with two attached hydrogens (primary N) is 1. The first kappa shape index (κ1) is 16.4. The first-order chi connectivity index (χ1) is 9.99. The molecule has 1 aliphatic rings. The lowest BCUT2D eigenvalue weighted by Crippen LogP contribution is -2.31. The van der Waals surface area contributed by atoms with Crippen LogP contribution in [0.1, 0.15) is 30.4 Å². The number of methoxy groups -OCH3 is 1. The van der Waals surface area contributed by atoms with Crippen molar-refractivity contribution in [2.45, 2.75) is 31.6 Å². The second-order valence-corrected chi connectivity index (χ2v) is 7.65. The molecular weight excluding hydrogens is 288 g/mol. The SMILES string of the molecule is COCCC1(CNS(=O)(=O)Cc2cccc(CN)c2)CC1. The predicted octanol–water partition coefficient (Wildman–Crippen LogP) is 1.38. The van der Waals surface area contributed by atoms with E-state index in [1.54, 1.807) is 7.11 Å². The van der Waals surface area contributed by atoms with Gasteiger partial charge in [-0.3, -0.25) is 0 Å². The van der Waals surface area contributed by atoms with Crippen LogP contribution >= 0.6 is 0 Å². The number of benzene rings is 1. The molecule has 1 aromatic rings. The zero-order chi connectivity index (χ0) is 15.3. The van der Waals surface area contributed by atoms with Gasteiger partial charge in [0.05, 0.1) is 5.75 Å². The molecule has 0 atom stereocenters. The van der Waals surface area contributed by atoms with E-state index in [4.69, 9.17) is 10.5 Å². The zero-order valence-corrected chi connectivity index (χ0v) is 13.3. The monoisotopic (exact) mass is 312 g/mol. The van der Waals surface area contributed by atoms with Crippen LogP contribution in [0.15, 0.2) is 24.3 Å². The van der Waals surface area contributed by atoms with Crippen LogP contribution in [-0.4, -0.2) is 28.7 Å². The lowest BCUT2D eigenvalue weighted by molar-refractivity contribution is 0.173. The average molecular weight is 312 g/mol. The second kappa shape index (κ2) is 6.87. The topological polar surface area (TPSA) is 81.4 Å². The Balaban J connectivity index is 1.90. The van der Waals surface area contributed by atoms with Crippen LogP contribution in [0, 0.1) is 5.41 Å². The summed E-state index contributed by atoms with van der Waals surface area (Å²) in [6.45, 7) is 1.61. The van der Waals surface area contributed by atoms with Crippen LogP contribution in [0.5, 0.6) is 0 Å². The third-order valence-electron chi connectivity index (χ3n) is 4.04. The lowest BCUT2D eigenvalue weighted by atomic mass is 10.0. The molecule has 0 aromatic heterocycles. The Kier molecular flexibility index (Phi) is 5.37. The Morgan fingerprint density at radius 3 is 2.67 bits per heavy atom. The highest BCUT2D eigenvalue weighted by Crippen LogP contribution is 2.48. The van der Waals surface area contributed by atoms with Crippen molar-refractivity contribution in [2.24, 2.45) is 11.1 Å². The van der Waals surface area contributed by atoms with Gasteiger partial charge in [0.2, 0.25) is 10.0 Å². The molecule has 5 nitrogen and oxygen atoms in total. The van der Waals surface area contributed by atoms with Crippen molar-refractivity contribution in [3.05, 3.63) is 35.4 Å². The molecule has 2 rings (SSSR count). The summed E-state index contributed by atoms with van der Waals surface area (Å²) in [5.41, 5.74) is 7.41. The molecule has 0 saturated heterocycles. The third kappa shape index (κ3) is 5.07. The minimum atomic E-state index is -3.31. The normalized spacial score (nSPS) is 16.9. The molecule has 1 fully saturated rings. The highest BCUT2D eigenvalue weighted by atomic mass is 32.2. The molecular formula is C15H24N2O3S. The summed E-state index contributed by atoms with van der Waals surface area (Å²) in [5.74, 6) is 0.00119. The van der Waals surface area contributed by atoms with Gasteiger partial charge in [-0.25, -0.2) is 13.1 Å². The smallest absolute Gasteiger partial charge is 0.215 e. The molecule has 0 radical (unpaired) electrons. The molecule has 0 heterocycles. The Labute approximate surface area is 126 Å². The molecule has 0 amide bonds. The van der Waals surface area contributed by atoms with E-state index in [0.29, 0.717) is 19.7 Å². The molecule has 0 spiro atoms.